The minimum atomic E-state index is -0.229. The Morgan fingerprint density at radius 1 is 1.35 bits per heavy atom. The summed E-state index contributed by atoms with van der Waals surface area (Å²) in [7, 11) is 1.89. The van der Waals surface area contributed by atoms with Crippen LogP contribution in [0.25, 0.3) is 0 Å². The first-order valence-corrected chi connectivity index (χ1v) is 8.57. The Labute approximate surface area is 137 Å². The van der Waals surface area contributed by atoms with Gasteiger partial charge >= 0.3 is 0 Å². The third-order valence-corrected chi connectivity index (χ3v) is 6.74. The summed E-state index contributed by atoms with van der Waals surface area (Å²) in [5, 5.41) is 3.24. The minimum absolute atomic E-state index is 0.0157. The van der Waals surface area contributed by atoms with Gasteiger partial charge in [0.2, 0.25) is 0 Å². The largest absolute Gasteiger partial charge is 0.484 e. The molecule has 0 aliphatic carbocycles. The summed E-state index contributed by atoms with van der Waals surface area (Å²) in [5.74, 6) is 0.523. The van der Waals surface area contributed by atoms with E-state index in [4.69, 9.17) is 4.74 Å². The van der Waals surface area contributed by atoms with Crippen LogP contribution in [-0.4, -0.2) is 7.05 Å². The van der Waals surface area contributed by atoms with Crippen LogP contribution in [0.5, 0.6) is 5.75 Å². The van der Waals surface area contributed by atoms with Gasteiger partial charge in [-0.2, -0.15) is 0 Å². The number of ether oxygens (including phenoxy) is 1. The Hall–Kier alpha value is -0.430. The van der Waals surface area contributed by atoms with Crippen LogP contribution in [-0.2, 0) is 0 Å². The average molecular weight is 421 g/mol. The van der Waals surface area contributed by atoms with E-state index in [-0.39, 0.29) is 18.0 Å². The van der Waals surface area contributed by atoms with Crippen LogP contribution in [0.4, 0.5) is 4.39 Å². The Morgan fingerprint density at radius 2 is 2.15 bits per heavy atom. The molecular weight excluding hydrogens is 409 g/mol. The van der Waals surface area contributed by atoms with Gasteiger partial charge in [0.15, 0.2) is 0 Å². The molecule has 2 nitrogen and oxygen atoms in total. The average Bonchev–Trinajstić information content (AvgIpc) is 2.77. The number of nitrogens with one attached hydrogen (secondary N) is 1. The van der Waals surface area contributed by atoms with E-state index in [0.29, 0.717) is 0 Å². The van der Waals surface area contributed by atoms with Gasteiger partial charge in [0.25, 0.3) is 0 Å². The van der Waals surface area contributed by atoms with Crippen LogP contribution in [0.3, 0.4) is 0 Å². The molecule has 106 valence electrons. The maximum Gasteiger partial charge on any atom is 0.135 e. The number of fused-ring (bicyclic) bond motifs is 1. The van der Waals surface area contributed by atoms with E-state index in [2.05, 4.69) is 43.2 Å². The standard InChI is InChI=1S/C14H12Br2FNOS/c1-18-10-6-12(13-5-9(15)14(16)20-13)19-11-3-2-7(17)4-8(10)11/h2-5,10,12,18H,6H2,1H3. The molecule has 0 fully saturated rings. The van der Waals surface area contributed by atoms with Crippen molar-refractivity contribution in [3.63, 3.8) is 0 Å². The van der Waals surface area contributed by atoms with Crippen molar-refractivity contribution in [2.45, 2.75) is 18.6 Å². The summed E-state index contributed by atoms with van der Waals surface area (Å²) >= 11 is 8.66. The molecule has 2 heterocycles. The van der Waals surface area contributed by atoms with Crippen molar-refractivity contribution in [3.8, 4) is 5.75 Å². The monoisotopic (exact) mass is 419 g/mol. The van der Waals surface area contributed by atoms with E-state index in [1.54, 1.807) is 23.5 Å². The normalized spacial score (nSPS) is 21.4. The zero-order valence-corrected chi connectivity index (χ0v) is 14.6. The van der Waals surface area contributed by atoms with Crippen LogP contribution >= 0.6 is 43.2 Å². The van der Waals surface area contributed by atoms with Gasteiger partial charge in [0, 0.05) is 27.4 Å². The van der Waals surface area contributed by atoms with Crippen molar-refractivity contribution in [1.82, 2.24) is 5.32 Å². The van der Waals surface area contributed by atoms with Gasteiger partial charge < -0.3 is 10.1 Å². The lowest BCUT2D eigenvalue weighted by molar-refractivity contribution is 0.156. The molecule has 1 aliphatic heterocycles. The van der Waals surface area contributed by atoms with E-state index >= 15 is 0 Å². The van der Waals surface area contributed by atoms with Crippen molar-refractivity contribution >= 4 is 43.2 Å². The van der Waals surface area contributed by atoms with Crippen LogP contribution in [0.15, 0.2) is 32.5 Å². The molecule has 1 N–H and O–H groups in total. The zero-order chi connectivity index (χ0) is 14.3. The molecule has 2 aromatic rings. The lowest BCUT2D eigenvalue weighted by Gasteiger charge is -2.31. The summed E-state index contributed by atoms with van der Waals surface area (Å²) < 4.78 is 21.5. The topological polar surface area (TPSA) is 21.3 Å². The van der Waals surface area contributed by atoms with Gasteiger partial charge in [-0.05, 0) is 63.2 Å². The molecule has 2 unspecified atom stereocenters. The van der Waals surface area contributed by atoms with Gasteiger partial charge in [-0.3, -0.25) is 0 Å². The molecule has 0 amide bonds. The molecule has 2 atom stereocenters. The Bertz CT molecular complexity index is 627. The molecule has 3 rings (SSSR count). The molecule has 0 radical (unpaired) electrons. The molecule has 20 heavy (non-hydrogen) atoms. The maximum absolute atomic E-state index is 13.4. The van der Waals surface area contributed by atoms with Gasteiger partial charge in [-0.25, -0.2) is 4.39 Å². The molecule has 0 saturated heterocycles. The number of thiophene rings is 1. The maximum atomic E-state index is 13.4. The third kappa shape index (κ3) is 2.66. The quantitative estimate of drug-likeness (QED) is 0.721. The van der Waals surface area contributed by atoms with Crippen molar-refractivity contribution in [3.05, 3.63) is 48.8 Å². The number of hydrogen-bond donors (Lipinski definition) is 1. The summed E-state index contributed by atoms with van der Waals surface area (Å²) in [6.45, 7) is 0. The fourth-order valence-corrected chi connectivity index (χ4v) is 4.54. The smallest absolute Gasteiger partial charge is 0.135 e. The second-order valence-corrected chi connectivity index (χ2v) is 7.89. The Balaban J connectivity index is 1.96. The molecule has 6 heteroatoms. The van der Waals surface area contributed by atoms with E-state index in [1.807, 2.05) is 7.05 Å². The van der Waals surface area contributed by atoms with Crippen molar-refractivity contribution < 1.29 is 9.13 Å². The number of halogens is 3. The molecule has 1 aromatic carbocycles. The second kappa shape index (κ2) is 5.75. The number of rotatable bonds is 2. The summed E-state index contributed by atoms with van der Waals surface area (Å²) in [5.41, 5.74) is 0.887. The highest BCUT2D eigenvalue weighted by Crippen LogP contribution is 2.44. The fraction of sp³-hybridized carbons (Fsp3) is 0.286. The van der Waals surface area contributed by atoms with E-state index < -0.39 is 0 Å². The molecule has 1 aliphatic rings. The highest BCUT2D eigenvalue weighted by Gasteiger charge is 2.30. The first-order valence-electron chi connectivity index (χ1n) is 6.16. The van der Waals surface area contributed by atoms with Crippen molar-refractivity contribution in [2.75, 3.05) is 7.05 Å². The molecular formula is C14H12Br2FNOS. The second-order valence-electron chi connectivity index (χ2n) is 4.64. The van der Waals surface area contributed by atoms with E-state index in [0.717, 1.165) is 30.9 Å². The zero-order valence-electron chi connectivity index (χ0n) is 10.6. The summed E-state index contributed by atoms with van der Waals surface area (Å²) in [6, 6.07) is 6.86. The van der Waals surface area contributed by atoms with Gasteiger partial charge in [-0.15, -0.1) is 11.3 Å². The lowest BCUT2D eigenvalue weighted by Crippen LogP contribution is -2.26. The summed E-state index contributed by atoms with van der Waals surface area (Å²) in [6.07, 6.45) is 0.768. The van der Waals surface area contributed by atoms with Gasteiger partial charge in [0.1, 0.15) is 17.7 Å². The fourth-order valence-electron chi connectivity index (χ4n) is 2.41. The molecule has 0 saturated carbocycles. The highest BCUT2D eigenvalue weighted by atomic mass is 79.9. The first kappa shape index (κ1) is 14.5. The van der Waals surface area contributed by atoms with Crippen LogP contribution < -0.4 is 10.1 Å². The van der Waals surface area contributed by atoms with Gasteiger partial charge in [-0.1, -0.05) is 0 Å². The third-order valence-electron chi connectivity index (χ3n) is 3.40. The van der Waals surface area contributed by atoms with Crippen LogP contribution in [0.1, 0.15) is 29.0 Å². The Kier molecular flexibility index (Phi) is 4.17. The predicted octanol–water partition coefficient (Wildman–Crippen LogP) is 5.20. The minimum Gasteiger partial charge on any atom is -0.484 e. The van der Waals surface area contributed by atoms with Crippen LogP contribution in [0, 0.1) is 5.82 Å². The van der Waals surface area contributed by atoms with E-state index in [1.165, 1.54) is 6.07 Å². The van der Waals surface area contributed by atoms with Crippen molar-refractivity contribution in [2.24, 2.45) is 0 Å². The molecule has 0 spiro atoms. The van der Waals surface area contributed by atoms with Crippen LogP contribution in [0.2, 0.25) is 0 Å². The molecule has 1 aromatic heterocycles. The Morgan fingerprint density at radius 3 is 2.80 bits per heavy atom. The molecule has 0 bridgehead atoms. The SMILES string of the molecule is CNC1CC(c2cc(Br)c(Br)s2)Oc2ccc(F)cc21. The van der Waals surface area contributed by atoms with E-state index in [9.17, 15) is 4.39 Å². The highest BCUT2D eigenvalue weighted by molar-refractivity contribution is 9.13. The van der Waals surface area contributed by atoms with Gasteiger partial charge in [0.05, 0.1) is 3.79 Å². The number of benzene rings is 1. The first-order chi connectivity index (χ1) is 9.58. The number of hydrogen-bond acceptors (Lipinski definition) is 3. The summed E-state index contributed by atoms with van der Waals surface area (Å²) in [4.78, 5) is 1.15. The predicted molar refractivity (Wildman–Crippen MR) is 85.9 cm³/mol. The lowest BCUT2D eigenvalue weighted by atomic mass is 9.96. The van der Waals surface area contributed by atoms with Crippen molar-refractivity contribution in [1.29, 1.82) is 0 Å².